The highest BCUT2D eigenvalue weighted by Crippen LogP contribution is 2.37. The summed E-state index contributed by atoms with van der Waals surface area (Å²) in [7, 11) is 0. The molecule has 0 saturated carbocycles. The van der Waals surface area contributed by atoms with Gasteiger partial charge in [0.15, 0.2) is 0 Å². The molecule has 1 saturated heterocycles. The maximum atomic E-state index is 12.7. The van der Waals surface area contributed by atoms with Crippen molar-refractivity contribution in [1.82, 2.24) is 10.6 Å². The van der Waals surface area contributed by atoms with Gasteiger partial charge in [0.25, 0.3) is 0 Å². The molecule has 4 unspecified atom stereocenters. The third kappa shape index (κ3) is 12.1. The van der Waals surface area contributed by atoms with Crippen LogP contribution >= 0.6 is 0 Å². The minimum atomic E-state index is 0.0928. The van der Waals surface area contributed by atoms with Crippen LogP contribution in [0.3, 0.4) is 0 Å². The largest absolute Gasteiger partial charge is 0.353 e. The zero-order chi connectivity index (χ0) is 24.6. The molecule has 0 radical (unpaired) electrons. The molecule has 0 spiro atoms. The molecule has 1 amide bonds. The van der Waals surface area contributed by atoms with Gasteiger partial charge in [0, 0.05) is 23.5 Å². The van der Waals surface area contributed by atoms with Crippen LogP contribution in [0.4, 0.5) is 0 Å². The molecule has 196 valence electrons. The van der Waals surface area contributed by atoms with Crippen molar-refractivity contribution in [3.8, 4) is 0 Å². The lowest BCUT2D eigenvalue weighted by molar-refractivity contribution is -0.123. The molecule has 3 nitrogen and oxygen atoms in total. The molecule has 1 heterocycles. The number of carbonyl (C=O) groups is 1. The summed E-state index contributed by atoms with van der Waals surface area (Å²) in [6, 6.07) is 0.282. The first-order valence-electron chi connectivity index (χ1n) is 14.9. The Labute approximate surface area is 208 Å². The highest BCUT2D eigenvalue weighted by molar-refractivity contribution is 5.76. The molecule has 4 atom stereocenters. The third-order valence-electron chi connectivity index (χ3n) is 8.73. The fraction of sp³-hybridized carbons (Fsp3) is 0.967. The van der Waals surface area contributed by atoms with Crippen molar-refractivity contribution < 1.29 is 4.79 Å². The van der Waals surface area contributed by atoms with Crippen molar-refractivity contribution in [1.29, 1.82) is 0 Å². The van der Waals surface area contributed by atoms with E-state index in [9.17, 15) is 4.79 Å². The molecule has 2 N–H and O–H groups in total. The highest BCUT2D eigenvalue weighted by atomic mass is 16.1. The zero-order valence-electron chi connectivity index (χ0n) is 23.5. The Balaban J connectivity index is 2.06. The maximum absolute atomic E-state index is 12.7. The summed E-state index contributed by atoms with van der Waals surface area (Å²) in [6.07, 6.45) is 24.4. The van der Waals surface area contributed by atoms with E-state index in [2.05, 4.69) is 52.2 Å². The summed E-state index contributed by atoms with van der Waals surface area (Å²) in [6.45, 7) is 13.8. The van der Waals surface area contributed by atoms with Crippen LogP contribution in [-0.4, -0.2) is 23.0 Å². The zero-order valence-corrected chi connectivity index (χ0v) is 23.5. The van der Waals surface area contributed by atoms with Crippen LogP contribution in [0, 0.1) is 5.92 Å². The Morgan fingerprint density at radius 2 is 1.21 bits per heavy atom. The van der Waals surface area contributed by atoms with Gasteiger partial charge in [-0.2, -0.15) is 0 Å². The van der Waals surface area contributed by atoms with Gasteiger partial charge >= 0.3 is 0 Å². The number of unbranched alkanes of at least 4 members (excludes halogenated alkanes) is 14. The van der Waals surface area contributed by atoms with Crippen LogP contribution in [0.2, 0.25) is 0 Å². The van der Waals surface area contributed by atoms with Gasteiger partial charge < -0.3 is 10.6 Å². The highest BCUT2D eigenvalue weighted by Gasteiger charge is 2.46. The van der Waals surface area contributed by atoms with E-state index in [0.29, 0.717) is 12.3 Å². The Hall–Kier alpha value is -0.570. The normalized spacial score (nSPS) is 27.6. The first-order chi connectivity index (χ1) is 15.8. The lowest BCUT2D eigenvalue weighted by atomic mass is 9.69. The summed E-state index contributed by atoms with van der Waals surface area (Å²) in [5.41, 5.74) is 0.208. The average Bonchev–Trinajstić information content (AvgIpc) is 2.79. The van der Waals surface area contributed by atoms with Crippen molar-refractivity contribution >= 4 is 5.91 Å². The fourth-order valence-corrected chi connectivity index (χ4v) is 5.72. The molecule has 1 aliphatic rings. The number of carbonyl (C=O) groups excluding carboxylic acids is 1. The number of hydrogen-bond donors (Lipinski definition) is 2. The van der Waals surface area contributed by atoms with E-state index in [1.54, 1.807) is 0 Å². The second kappa shape index (κ2) is 17.0. The molecule has 0 aromatic carbocycles. The molecule has 1 aliphatic heterocycles. The Morgan fingerprint density at radius 3 is 1.64 bits per heavy atom. The molecule has 0 bridgehead atoms. The van der Waals surface area contributed by atoms with Crippen LogP contribution < -0.4 is 10.6 Å². The molecule has 33 heavy (non-hydrogen) atoms. The number of amides is 1. The number of nitrogens with one attached hydrogen (secondary N) is 2. The van der Waals surface area contributed by atoms with E-state index in [1.807, 2.05) is 0 Å². The molecule has 0 aromatic rings. The first kappa shape index (κ1) is 30.5. The van der Waals surface area contributed by atoms with Gasteiger partial charge in [-0.1, -0.05) is 118 Å². The molecule has 3 heteroatoms. The number of hydrogen-bond acceptors (Lipinski definition) is 2. The van der Waals surface area contributed by atoms with Crippen LogP contribution in [0.1, 0.15) is 164 Å². The van der Waals surface area contributed by atoms with Crippen molar-refractivity contribution in [2.24, 2.45) is 5.92 Å². The van der Waals surface area contributed by atoms with Crippen LogP contribution in [0.15, 0.2) is 0 Å². The minimum Gasteiger partial charge on any atom is -0.353 e. The lowest BCUT2D eigenvalue weighted by Gasteiger charge is -2.53. The van der Waals surface area contributed by atoms with Crippen molar-refractivity contribution in [3.63, 3.8) is 0 Å². The molecular weight excluding hydrogens is 404 g/mol. The van der Waals surface area contributed by atoms with E-state index in [0.717, 1.165) is 25.7 Å². The third-order valence-corrected chi connectivity index (χ3v) is 8.73. The molecule has 0 aromatic heterocycles. The van der Waals surface area contributed by atoms with E-state index < -0.39 is 0 Å². The monoisotopic (exact) mass is 464 g/mol. The summed E-state index contributed by atoms with van der Waals surface area (Å²) in [5.74, 6) is 0.715. The second-order valence-electron chi connectivity index (χ2n) is 11.7. The van der Waals surface area contributed by atoms with E-state index >= 15 is 0 Å². The van der Waals surface area contributed by atoms with Gasteiger partial charge in [0.2, 0.25) is 5.91 Å². The van der Waals surface area contributed by atoms with Crippen molar-refractivity contribution in [2.45, 2.75) is 181 Å². The van der Waals surface area contributed by atoms with Gasteiger partial charge in [-0.15, -0.1) is 0 Å². The smallest absolute Gasteiger partial charge is 0.220 e. The molecular formula is C30H60N2O. The summed E-state index contributed by atoms with van der Waals surface area (Å²) >= 11 is 0. The van der Waals surface area contributed by atoms with Crippen LogP contribution in [-0.2, 0) is 4.79 Å². The Kier molecular flexibility index (Phi) is 15.7. The van der Waals surface area contributed by atoms with Gasteiger partial charge in [0.1, 0.15) is 0 Å². The molecule has 0 aliphatic carbocycles. The van der Waals surface area contributed by atoms with Gasteiger partial charge in [0.05, 0.1) is 0 Å². The summed E-state index contributed by atoms with van der Waals surface area (Å²) in [4.78, 5) is 12.7. The van der Waals surface area contributed by atoms with E-state index in [4.69, 9.17) is 0 Å². The summed E-state index contributed by atoms with van der Waals surface area (Å²) < 4.78 is 0. The van der Waals surface area contributed by atoms with Gasteiger partial charge in [-0.25, -0.2) is 0 Å². The lowest BCUT2D eigenvalue weighted by Crippen LogP contribution is -2.68. The van der Waals surface area contributed by atoms with Gasteiger partial charge in [-0.05, 0) is 45.4 Å². The van der Waals surface area contributed by atoms with Crippen LogP contribution in [0.25, 0.3) is 0 Å². The van der Waals surface area contributed by atoms with Gasteiger partial charge in [-0.3, -0.25) is 4.79 Å². The van der Waals surface area contributed by atoms with E-state index in [1.165, 1.54) is 89.9 Å². The quantitative estimate of drug-likeness (QED) is 0.188. The minimum absolute atomic E-state index is 0.0928. The topological polar surface area (TPSA) is 41.1 Å². The standard InChI is InChI=1S/C30H60N2O/c1-7-10-11-12-13-14-15-16-17-18-19-20-21-22-23-24-28(33)31-27-25-29(5,8-2)32-30(6,9-3)26(27)4/h26-27,32H,7-25H2,1-6H3,(H,31,33). The van der Waals surface area contributed by atoms with E-state index in [-0.39, 0.29) is 23.0 Å². The first-order valence-corrected chi connectivity index (χ1v) is 14.9. The number of piperidine rings is 1. The van der Waals surface area contributed by atoms with Crippen molar-refractivity contribution in [3.05, 3.63) is 0 Å². The fourth-order valence-electron chi connectivity index (χ4n) is 5.72. The molecule has 1 rings (SSSR count). The predicted molar refractivity (Wildman–Crippen MR) is 146 cm³/mol. The summed E-state index contributed by atoms with van der Waals surface area (Å²) in [5, 5.41) is 7.33. The Morgan fingerprint density at radius 1 is 0.758 bits per heavy atom. The maximum Gasteiger partial charge on any atom is 0.220 e. The second-order valence-corrected chi connectivity index (χ2v) is 11.7. The van der Waals surface area contributed by atoms with Crippen LogP contribution in [0.5, 0.6) is 0 Å². The Bertz CT molecular complexity index is 508. The average molecular weight is 465 g/mol. The number of rotatable bonds is 19. The van der Waals surface area contributed by atoms with Crippen molar-refractivity contribution in [2.75, 3.05) is 0 Å². The SMILES string of the molecule is CCCCCCCCCCCCCCCCCC(=O)NC1CC(C)(CC)NC(C)(CC)C1C. The predicted octanol–water partition coefficient (Wildman–Crippen LogP) is 8.70. The molecule has 1 fully saturated rings.